The van der Waals surface area contributed by atoms with Crippen LogP contribution in [0.25, 0.3) is 11.3 Å². The number of aromatic amines is 1. The molecule has 1 saturated heterocycles. The van der Waals surface area contributed by atoms with Gasteiger partial charge in [0, 0.05) is 12.5 Å². The van der Waals surface area contributed by atoms with Crippen molar-refractivity contribution in [3.8, 4) is 11.3 Å². The van der Waals surface area contributed by atoms with Gasteiger partial charge in [-0.25, -0.2) is 4.98 Å². The van der Waals surface area contributed by atoms with Gasteiger partial charge in [-0.15, -0.1) is 0 Å². The molecule has 0 amide bonds. The van der Waals surface area contributed by atoms with Crippen molar-refractivity contribution in [3.63, 3.8) is 0 Å². The second-order valence-corrected chi connectivity index (χ2v) is 5.67. The summed E-state index contributed by atoms with van der Waals surface area (Å²) in [7, 11) is 0. The molecule has 0 saturated carbocycles. The number of nitrogens with zero attached hydrogens (tertiary/aromatic N) is 1. The second-order valence-electron chi connectivity index (χ2n) is 5.67. The topological polar surface area (TPSA) is 40.7 Å². The molecule has 2 N–H and O–H groups in total. The molecule has 1 aliphatic rings. The Morgan fingerprint density at radius 2 is 2.10 bits per heavy atom. The van der Waals surface area contributed by atoms with Gasteiger partial charge < -0.3 is 10.3 Å². The van der Waals surface area contributed by atoms with Crippen molar-refractivity contribution in [3.05, 3.63) is 41.9 Å². The Bertz CT molecular complexity index is 536. The Balaban J connectivity index is 1.75. The van der Waals surface area contributed by atoms with Crippen molar-refractivity contribution < 1.29 is 0 Å². The lowest BCUT2D eigenvalue weighted by Gasteiger charge is -2.20. The summed E-state index contributed by atoms with van der Waals surface area (Å²) in [5.41, 5.74) is 3.77. The summed E-state index contributed by atoms with van der Waals surface area (Å²) in [5, 5.41) is 3.44. The van der Waals surface area contributed by atoms with E-state index < -0.39 is 0 Å². The predicted molar refractivity (Wildman–Crippen MR) is 82.9 cm³/mol. The van der Waals surface area contributed by atoms with E-state index >= 15 is 0 Å². The van der Waals surface area contributed by atoms with Crippen LogP contribution in [0.2, 0.25) is 0 Å². The van der Waals surface area contributed by atoms with Crippen molar-refractivity contribution in [2.24, 2.45) is 0 Å². The number of aryl methyl sites for hydroxylation is 1. The number of piperidine rings is 1. The molecule has 0 radical (unpaired) electrons. The highest BCUT2D eigenvalue weighted by molar-refractivity contribution is 5.58. The van der Waals surface area contributed by atoms with E-state index in [0.29, 0.717) is 5.92 Å². The SMILES string of the molecule is CCCc1ccc(-c2cnc(C3CCCNC3)[nH]2)cc1. The van der Waals surface area contributed by atoms with Crippen LogP contribution >= 0.6 is 0 Å². The summed E-state index contributed by atoms with van der Waals surface area (Å²) in [6, 6.07) is 8.84. The third-order valence-electron chi connectivity index (χ3n) is 4.08. The van der Waals surface area contributed by atoms with E-state index in [-0.39, 0.29) is 0 Å². The number of hydrogen-bond acceptors (Lipinski definition) is 2. The molecule has 0 bridgehead atoms. The molecule has 106 valence electrons. The lowest BCUT2D eigenvalue weighted by atomic mass is 9.99. The van der Waals surface area contributed by atoms with Gasteiger partial charge in [-0.1, -0.05) is 37.6 Å². The zero-order valence-electron chi connectivity index (χ0n) is 12.2. The van der Waals surface area contributed by atoms with Crippen molar-refractivity contribution in [2.75, 3.05) is 13.1 Å². The Hall–Kier alpha value is -1.61. The van der Waals surface area contributed by atoms with Gasteiger partial charge in [0.25, 0.3) is 0 Å². The number of imidazole rings is 1. The van der Waals surface area contributed by atoms with Crippen LogP contribution < -0.4 is 5.32 Å². The molecule has 3 rings (SSSR count). The van der Waals surface area contributed by atoms with Crippen molar-refractivity contribution in [1.29, 1.82) is 0 Å². The zero-order chi connectivity index (χ0) is 13.8. The Morgan fingerprint density at radius 3 is 2.80 bits per heavy atom. The van der Waals surface area contributed by atoms with Gasteiger partial charge in [0.2, 0.25) is 0 Å². The second kappa shape index (κ2) is 6.23. The summed E-state index contributed by atoms with van der Waals surface area (Å²) in [6.07, 6.45) is 6.80. The minimum absolute atomic E-state index is 0.539. The minimum atomic E-state index is 0.539. The lowest BCUT2D eigenvalue weighted by Crippen LogP contribution is -2.28. The summed E-state index contributed by atoms with van der Waals surface area (Å²) in [5.74, 6) is 1.67. The average Bonchev–Trinajstić information content (AvgIpc) is 2.99. The van der Waals surface area contributed by atoms with Crippen molar-refractivity contribution in [2.45, 2.75) is 38.5 Å². The molecular formula is C17H23N3. The van der Waals surface area contributed by atoms with E-state index in [9.17, 15) is 0 Å². The van der Waals surface area contributed by atoms with Crippen molar-refractivity contribution in [1.82, 2.24) is 15.3 Å². The predicted octanol–water partition coefficient (Wildman–Crippen LogP) is 3.50. The maximum atomic E-state index is 4.58. The normalized spacial score (nSPS) is 19.1. The third-order valence-corrected chi connectivity index (χ3v) is 4.08. The Labute approximate surface area is 120 Å². The minimum Gasteiger partial charge on any atom is -0.342 e. The van der Waals surface area contributed by atoms with E-state index in [1.807, 2.05) is 6.20 Å². The van der Waals surface area contributed by atoms with Gasteiger partial charge in [-0.05, 0) is 36.9 Å². The summed E-state index contributed by atoms with van der Waals surface area (Å²) < 4.78 is 0. The summed E-state index contributed by atoms with van der Waals surface area (Å²) in [6.45, 7) is 4.40. The molecule has 1 aromatic heterocycles. The first-order valence-corrected chi connectivity index (χ1v) is 7.71. The third kappa shape index (κ3) is 2.93. The van der Waals surface area contributed by atoms with Crippen molar-refractivity contribution >= 4 is 0 Å². The standard InChI is InChI=1S/C17H23N3/c1-2-4-13-6-8-14(9-7-13)16-12-19-17(20-16)15-5-3-10-18-11-15/h6-9,12,15,18H,2-5,10-11H2,1H3,(H,19,20). The van der Waals surface area contributed by atoms with Gasteiger partial charge in [0.15, 0.2) is 0 Å². The Morgan fingerprint density at radius 1 is 1.25 bits per heavy atom. The first-order chi connectivity index (χ1) is 9.86. The van der Waals surface area contributed by atoms with Crippen LogP contribution in [0, 0.1) is 0 Å². The number of nitrogens with one attached hydrogen (secondary N) is 2. The van der Waals surface area contributed by atoms with Gasteiger partial charge >= 0.3 is 0 Å². The van der Waals surface area contributed by atoms with Crippen LogP contribution in [0.15, 0.2) is 30.5 Å². The highest BCUT2D eigenvalue weighted by atomic mass is 15.0. The van der Waals surface area contributed by atoms with E-state index in [2.05, 4.69) is 46.5 Å². The lowest BCUT2D eigenvalue weighted by molar-refractivity contribution is 0.449. The number of hydrogen-bond donors (Lipinski definition) is 2. The van der Waals surface area contributed by atoms with E-state index in [1.165, 1.54) is 30.4 Å². The number of benzene rings is 1. The van der Waals surface area contributed by atoms with E-state index in [4.69, 9.17) is 0 Å². The van der Waals surface area contributed by atoms with Crippen LogP contribution in [-0.4, -0.2) is 23.1 Å². The van der Waals surface area contributed by atoms with Gasteiger partial charge in [-0.3, -0.25) is 0 Å². The number of rotatable bonds is 4. The molecule has 1 atom stereocenters. The average molecular weight is 269 g/mol. The molecule has 1 aromatic carbocycles. The van der Waals surface area contributed by atoms with Crippen LogP contribution in [0.5, 0.6) is 0 Å². The molecule has 0 spiro atoms. The molecule has 3 heteroatoms. The first kappa shape index (κ1) is 13.4. The quantitative estimate of drug-likeness (QED) is 0.892. The van der Waals surface area contributed by atoms with Gasteiger partial charge in [-0.2, -0.15) is 0 Å². The van der Waals surface area contributed by atoms with Crippen LogP contribution in [-0.2, 0) is 6.42 Å². The largest absolute Gasteiger partial charge is 0.342 e. The summed E-state index contributed by atoms with van der Waals surface area (Å²) in [4.78, 5) is 8.08. The molecule has 3 nitrogen and oxygen atoms in total. The highest BCUT2D eigenvalue weighted by Crippen LogP contribution is 2.24. The van der Waals surface area contributed by atoms with E-state index in [1.54, 1.807) is 0 Å². The molecule has 1 unspecified atom stereocenters. The fourth-order valence-electron chi connectivity index (χ4n) is 2.92. The van der Waals surface area contributed by atoms with Gasteiger partial charge in [0.05, 0.1) is 11.9 Å². The zero-order valence-corrected chi connectivity index (χ0v) is 12.2. The molecular weight excluding hydrogens is 246 g/mol. The molecule has 2 heterocycles. The maximum Gasteiger partial charge on any atom is 0.110 e. The van der Waals surface area contributed by atoms with Gasteiger partial charge in [0.1, 0.15) is 5.82 Å². The fourth-order valence-corrected chi connectivity index (χ4v) is 2.92. The molecule has 0 aliphatic carbocycles. The number of aromatic nitrogens is 2. The fraction of sp³-hybridized carbons (Fsp3) is 0.471. The van der Waals surface area contributed by atoms with Crippen LogP contribution in [0.4, 0.5) is 0 Å². The highest BCUT2D eigenvalue weighted by Gasteiger charge is 2.18. The first-order valence-electron chi connectivity index (χ1n) is 7.71. The van der Waals surface area contributed by atoms with Crippen LogP contribution in [0.1, 0.15) is 43.5 Å². The number of H-pyrrole nitrogens is 1. The van der Waals surface area contributed by atoms with Crippen LogP contribution in [0.3, 0.4) is 0 Å². The Kier molecular flexibility index (Phi) is 4.16. The van der Waals surface area contributed by atoms with E-state index in [0.717, 1.165) is 31.0 Å². The summed E-state index contributed by atoms with van der Waals surface area (Å²) >= 11 is 0. The molecule has 20 heavy (non-hydrogen) atoms. The molecule has 2 aromatic rings. The molecule has 1 aliphatic heterocycles. The monoisotopic (exact) mass is 269 g/mol. The molecule has 1 fully saturated rings. The smallest absolute Gasteiger partial charge is 0.110 e. The maximum absolute atomic E-state index is 4.58.